The monoisotopic (exact) mass is 344 g/mol. The number of likely N-dealkylation sites (tertiary alicyclic amines) is 1. The number of hydrogen-bond donors (Lipinski definition) is 0. The van der Waals surface area contributed by atoms with Crippen molar-refractivity contribution in [3.05, 3.63) is 39.8 Å². The van der Waals surface area contributed by atoms with Crippen molar-refractivity contribution in [1.29, 1.82) is 0 Å². The highest BCUT2D eigenvalue weighted by molar-refractivity contribution is 7.10. The molecule has 0 radical (unpaired) electrons. The summed E-state index contributed by atoms with van der Waals surface area (Å²) in [5, 5.41) is 6.60. The summed E-state index contributed by atoms with van der Waals surface area (Å²) in [5.74, 6) is 0.266. The second kappa shape index (κ2) is 6.69. The fraction of sp³-hybridized carbons (Fsp3) is 0.556. The molecule has 0 saturated carbocycles. The Morgan fingerprint density at radius 3 is 3.17 bits per heavy atom. The molecular formula is C18H24N4OS. The largest absolute Gasteiger partial charge is 0.339 e. The summed E-state index contributed by atoms with van der Waals surface area (Å²) in [5.41, 5.74) is 2.58. The number of rotatable bonds is 3. The lowest BCUT2D eigenvalue weighted by atomic mass is 10.1. The fourth-order valence-corrected chi connectivity index (χ4v) is 4.65. The van der Waals surface area contributed by atoms with Crippen LogP contribution in [0.3, 0.4) is 0 Å². The Hall–Kier alpha value is -1.66. The van der Waals surface area contributed by atoms with Gasteiger partial charge in [0.1, 0.15) is 0 Å². The van der Waals surface area contributed by atoms with Gasteiger partial charge in [-0.2, -0.15) is 5.10 Å². The maximum absolute atomic E-state index is 12.8. The molecule has 2 aromatic rings. The van der Waals surface area contributed by atoms with Gasteiger partial charge in [-0.25, -0.2) is 0 Å². The third kappa shape index (κ3) is 3.26. The SMILES string of the molecule is Cc1cnn(C2CCCN(C(=O)CN3CCc4sccc4C3)C2)c1. The van der Waals surface area contributed by atoms with Crippen molar-refractivity contribution in [3.63, 3.8) is 0 Å². The van der Waals surface area contributed by atoms with E-state index in [0.29, 0.717) is 12.6 Å². The molecule has 6 heteroatoms. The van der Waals surface area contributed by atoms with E-state index in [-0.39, 0.29) is 5.91 Å². The van der Waals surface area contributed by atoms with Crippen LogP contribution in [0, 0.1) is 6.92 Å². The molecule has 1 atom stereocenters. The Kier molecular flexibility index (Phi) is 4.41. The Morgan fingerprint density at radius 2 is 2.33 bits per heavy atom. The maximum atomic E-state index is 12.8. The Balaban J connectivity index is 1.36. The minimum absolute atomic E-state index is 0.266. The molecule has 128 valence electrons. The third-order valence-electron chi connectivity index (χ3n) is 5.10. The van der Waals surface area contributed by atoms with Crippen molar-refractivity contribution in [1.82, 2.24) is 19.6 Å². The molecule has 0 aromatic carbocycles. The topological polar surface area (TPSA) is 41.4 Å². The molecule has 1 unspecified atom stereocenters. The first kappa shape index (κ1) is 15.8. The van der Waals surface area contributed by atoms with Crippen molar-refractivity contribution in [2.75, 3.05) is 26.2 Å². The van der Waals surface area contributed by atoms with E-state index < -0.39 is 0 Å². The van der Waals surface area contributed by atoms with Gasteiger partial charge in [0.25, 0.3) is 0 Å². The Labute approximate surface area is 146 Å². The Bertz CT molecular complexity index is 722. The summed E-state index contributed by atoms with van der Waals surface area (Å²) in [7, 11) is 0. The minimum atomic E-state index is 0.266. The molecule has 5 nitrogen and oxygen atoms in total. The first-order valence-corrected chi connectivity index (χ1v) is 9.63. The average Bonchev–Trinajstić information content (AvgIpc) is 3.23. The smallest absolute Gasteiger partial charge is 0.236 e. The molecule has 2 aliphatic rings. The second-order valence-corrected chi connectivity index (χ2v) is 7.96. The van der Waals surface area contributed by atoms with E-state index in [1.54, 1.807) is 0 Å². The molecule has 1 amide bonds. The lowest BCUT2D eigenvalue weighted by Gasteiger charge is -2.35. The van der Waals surface area contributed by atoms with Gasteiger partial charge in [0, 0.05) is 37.3 Å². The average molecular weight is 344 g/mol. The van der Waals surface area contributed by atoms with Crippen LogP contribution in [0.5, 0.6) is 0 Å². The summed E-state index contributed by atoms with van der Waals surface area (Å²) in [4.78, 5) is 18.6. The van der Waals surface area contributed by atoms with Crippen LogP contribution in [-0.2, 0) is 17.8 Å². The number of fused-ring (bicyclic) bond motifs is 1. The molecule has 1 fully saturated rings. The van der Waals surface area contributed by atoms with Gasteiger partial charge in [0.15, 0.2) is 0 Å². The number of amides is 1. The van der Waals surface area contributed by atoms with Crippen molar-refractivity contribution >= 4 is 17.2 Å². The molecule has 2 aromatic heterocycles. The summed E-state index contributed by atoms with van der Waals surface area (Å²) >= 11 is 1.84. The van der Waals surface area contributed by atoms with Gasteiger partial charge in [-0.05, 0) is 48.8 Å². The number of piperidine rings is 1. The molecule has 24 heavy (non-hydrogen) atoms. The molecule has 2 aliphatic heterocycles. The lowest BCUT2D eigenvalue weighted by molar-refractivity contribution is -0.134. The molecule has 0 bridgehead atoms. The number of aromatic nitrogens is 2. The second-order valence-electron chi connectivity index (χ2n) is 6.96. The normalized spacial score (nSPS) is 21.7. The van der Waals surface area contributed by atoms with Crippen molar-refractivity contribution in [2.45, 2.75) is 38.8 Å². The maximum Gasteiger partial charge on any atom is 0.236 e. The number of carbonyl (C=O) groups is 1. The summed E-state index contributed by atoms with van der Waals surface area (Å²) in [6, 6.07) is 2.52. The van der Waals surface area contributed by atoms with E-state index in [1.807, 2.05) is 27.1 Å². The van der Waals surface area contributed by atoms with Crippen LogP contribution in [0.4, 0.5) is 0 Å². The van der Waals surface area contributed by atoms with Crippen molar-refractivity contribution in [3.8, 4) is 0 Å². The van der Waals surface area contributed by atoms with Gasteiger partial charge in [0.05, 0.1) is 18.8 Å². The lowest BCUT2D eigenvalue weighted by Crippen LogP contribution is -2.46. The van der Waals surface area contributed by atoms with Gasteiger partial charge in [-0.3, -0.25) is 14.4 Å². The van der Waals surface area contributed by atoms with Crippen LogP contribution < -0.4 is 0 Å². The van der Waals surface area contributed by atoms with Gasteiger partial charge in [-0.15, -0.1) is 11.3 Å². The van der Waals surface area contributed by atoms with E-state index in [9.17, 15) is 4.79 Å². The number of thiophene rings is 1. The van der Waals surface area contributed by atoms with Crippen LogP contribution in [0.25, 0.3) is 0 Å². The van der Waals surface area contributed by atoms with Gasteiger partial charge in [-0.1, -0.05) is 0 Å². The highest BCUT2D eigenvalue weighted by atomic mass is 32.1. The van der Waals surface area contributed by atoms with Crippen molar-refractivity contribution in [2.24, 2.45) is 0 Å². The predicted octanol–water partition coefficient (Wildman–Crippen LogP) is 2.47. The zero-order valence-electron chi connectivity index (χ0n) is 14.1. The van der Waals surface area contributed by atoms with Crippen LogP contribution >= 0.6 is 11.3 Å². The molecule has 1 saturated heterocycles. The number of hydrogen-bond acceptors (Lipinski definition) is 4. The zero-order valence-corrected chi connectivity index (χ0v) is 15.0. The van der Waals surface area contributed by atoms with Crippen molar-refractivity contribution < 1.29 is 4.79 Å². The fourth-order valence-electron chi connectivity index (χ4n) is 3.76. The van der Waals surface area contributed by atoms with E-state index in [1.165, 1.54) is 16.0 Å². The van der Waals surface area contributed by atoms with E-state index in [0.717, 1.165) is 45.4 Å². The Morgan fingerprint density at radius 1 is 1.42 bits per heavy atom. The molecule has 4 rings (SSSR count). The molecule has 4 heterocycles. The molecular weight excluding hydrogens is 320 g/mol. The highest BCUT2D eigenvalue weighted by Crippen LogP contribution is 2.25. The van der Waals surface area contributed by atoms with Crippen LogP contribution in [0.2, 0.25) is 0 Å². The quantitative estimate of drug-likeness (QED) is 0.859. The minimum Gasteiger partial charge on any atom is -0.339 e. The van der Waals surface area contributed by atoms with E-state index >= 15 is 0 Å². The highest BCUT2D eigenvalue weighted by Gasteiger charge is 2.27. The van der Waals surface area contributed by atoms with E-state index in [4.69, 9.17) is 0 Å². The first-order valence-electron chi connectivity index (χ1n) is 8.75. The van der Waals surface area contributed by atoms with Crippen LogP contribution in [-0.4, -0.2) is 51.7 Å². The number of carbonyl (C=O) groups excluding carboxylic acids is 1. The summed E-state index contributed by atoms with van der Waals surface area (Å²) in [6.07, 6.45) is 7.22. The van der Waals surface area contributed by atoms with Gasteiger partial charge >= 0.3 is 0 Å². The predicted molar refractivity (Wildman–Crippen MR) is 95.1 cm³/mol. The molecule has 0 N–H and O–H groups in total. The molecule has 0 aliphatic carbocycles. The summed E-state index contributed by atoms with van der Waals surface area (Å²) < 4.78 is 2.04. The first-order chi connectivity index (χ1) is 11.7. The third-order valence-corrected chi connectivity index (χ3v) is 6.12. The van der Waals surface area contributed by atoms with Crippen LogP contribution in [0.15, 0.2) is 23.8 Å². The zero-order chi connectivity index (χ0) is 16.5. The standard InChI is InChI=1S/C18H24N4OS/c1-14-9-19-22(10-14)16-3-2-6-21(12-16)18(23)13-20-7-4-17-15(11-20)5-8-24-17/h5,8-10,16H,2-4,6-7,11-13H2,1H3. The number of aryl methyl sites for hydroxylation is 1. The molecule has 0 spiro atoms. The van der Waals surface area contributed by atoms with Crippen LogP contribution in [0.1, 0.15) is 34.9 Å². The van der Waals surface area contributed by atoms with Gasteiger partial charge in [0.2, 0.25) is 5.91 Å². The summed E-state index contributed by atoms with van der Waals surface area (Å²) in [6.45, 7) is 6.18. The number of nitrogens with zero attached hydrogens (tertiary/aromatic N) is 4. The van der Waals surface area contributed by atoms with E-state index in [2.05, 4.69) is 34.6 Å². The van der Waals surface area contributed by atoms with Gasteiger partial charge < -0.3 is 4.90 Å².